The largest absolute Gasteiger partial charge is 0.496 e. The van der Waals surface area contributed by atoms with E-state index >= 15 is 0 Å². The number of ether oxygens (including phenoxy) is 2. The molecule has 1 unspecified atom stereocenters. The molecule has 0 spiro atoms. The highest BCUT2D eigenvalue weighted by atomic mass is 35.5. The Morgan fingerprint density at radius 1 is 1.44 bits per heavy atom. The van der Waals surface area contributed by atoms with Crippen molar-refractivity contribution in [3.63, 3.8) is 0 Å². The van der Waals surface area contributed by atoms with Gasteiger partial charge in [-0.1, -0.05) is 11.6 Å². The fourth-order valence-corrected chi connectivity index (χ4v) is 2.42. The quantitative estimate of drug-likeness (QED) is 0.891. The van der Waals surface area contributed by atoms with Gasteiger partial charge in [0.1, 0.15) is 5.75 Å². The molecule has 4 heteroatoms. The number of nitrogens with one attached hydrogen (secondary N) is 1. The predicted octanol–water partition coefficient (Wildman–Crippen LogP) is 3.01. The number of hydrogen-bond donors (Lipinski definition) is 1. The van der Waals surface area contributed by atoms with Gasteiger partial charge in [0.05, 0.1) is 13.2 Å². The van der Waals surface area contributed by atoms with E-state index < -0.39 is 0 Å². The topological polar surface area (TPSA) is 30.5 Å². The Bertz CT molecular complexity index is 378. The van der Waals surface area contributed by atoms with Crippen LogP contribution in [0.1, 0.15) is 24.8 Å². The van der Waals surface area contributed by atoms with Crippen LogP contribution in [0.5, 0.6) is 5.75 Å². The van der Waals surface area contributed by atoms with Crippen LogP contribution in [0.3, 0.4) is 0 Å². The van der Waals surface area contributed by atoms with Crippen molar-refractivity contribution in [3.05, 3.63) is 28.8 Å². The highest BCUT2D eigenvalue weighted by molar-refractivity contribution is 6.30. The van der Waals surface area contributed by atoms with Gasteiger partial charge in [-0.05, 0) is 37.5 Å². The predicted molar refractivity (Wildman–Crippen MR) is 73.3 cm³/mol. The average Bonchev–Trinajstić information content (AvgIpc) is 2.40. The van der Waals surface area contributed by atoms with Crippen molar-refractivity contribution in [2.45, 2.75) is 31.9 Å². The second-order valence-corrected chi connectivity index (χ2v) is 5.01. The first-order chi connectivity index (χ1) is 8.79. The third-order valence-corrected chi connectivity index (χ3v) is 3.44. The summed E-state index contributed by atoms with van der Waals surface area (Å²) in [4.78, 5) is 0. The summed E-state index contributed by atoms with van der Waals surface area (Å²) in [6.45, 7) is 2.53. The van der Waals surface area contributed by atoms with Crippen LogP contribution in [-0.2, 0) is 11.3 Å². The standard InChI is InChI=1S/C14H20ClNO2/c1-17-14-6-5-12(15)8-11(14)9-16-10-13-4-2-3-7-18-13/h5-6,8,13,16H,2-4,7,9-10H2,1H3. The van der Waals surface area contributed by atoms with Gasteiger partial charge in [-0.2, -0.15) is 0 Å². The Balaban J connectivity index is 1.83. The summed E-state index contributed by atoms with van der Waals surface area (Å²) < 4.78 is 11.0. The minimum absolute atomic E-state index is 0.351. The molecule has 0 aliphatic carbocycles. The summed E-state index contributed by atoms with van der Waals surface area (Å²) in [6.07, 6.45) is 3.97. The normalized spacial score (nSPS) is 19.8. The van der Waals surface area contributed by atoms with Crippen molar-refractivity contribution in [1.29, 1.82) is 0 Å². The maximum absolute atomic E-state index is 5.99. The molecular formula is C14H20ClNO2. The molecule has 3 nitrogen and oxygen atoms in total. The average molecular weight is 270 g/mol. The molecule has 1 atom stereocenters. The van der Waals surface area contributed by atoms with Crippen LogP contribution in [0.25, 0.3) is 0 Å². The van der Waals surface area contributed by atoms with E-state index in [1.54, 1.807) is 7.11 Å². The minimum atomic E-state index is 0.351. The highest BCUT2D eigenvalue weighted by Gasteiger charge is 2.13. The molecule has 1 heterocycles. The molecule has 0 aromatic heterocycles. The van der Waals surface area contributed by atoms with Gasteiger partial charge in [0.2, 0.25) is 0 Å². The van der Waals surface area contributed by atoms with E-state index in [1.807, 2.05) is 18.2 Å². The molecule has 0 bridgehead atoms. The molecule has 1 N–H and O–H groups in total. The van der Waals surface area contributed by atoms with Crippen LogP contribution in [0.2, 0.25) is 5.02 Å². The molecule has 2 rings (SSSR count). The molecule has 1 aromatic rings. The fraction of sp³-hybridized carbons (Fsp3) is 0.571. The molecule has 0 radical (unpaired) electrons. The summed E-state index contributed by atoms with van der Waals surface area (Å²) in [5.41, 5.74) is 1.08. The summed E-state index contributed by atoms with van der Waals surface area (Å²) in [5.74, 6) is 0.872. The lowest BCUT2D eigenvalue weighted by atomic mass is 10.1. The minimum Gasteiger partial charge on any atom is -0.496 e. The zero-order chi connectivity index (χ0) is 12.8. The van der Waals surface area contributed by atoms with E-state index in [-0.39, 0.29) is 0 Å². The van der Waals surface area contributed by atoms with Crippen LogP contribution in [0.4, 0.5) is 0 Å². The molecule has 0 saturated carbocycles. The molecule has 1 aromatic carbocycles. The van der Waals surface area contributed by atoms with Gasteiger partial charge in [0.25, 0.3) is 0 Å². The van der Waals surface area contributed by atoms with Gasteiger partial charge >= 0.3 is 0 Å². The SMILES string of the molecule is COc1ccc(Cl)cc1CNCC1CCCCO1. The first-order valence-electron chi connectivity index (χ1n) is 6.44. The lowest BCUT2D eigenvalue weighted by Crippen LogP contribution is -2.31. The van der Waals surface area contributed by atoms with E-state index in [1.165, 1.54) is 12.8 Å². The van der Waals surface area contributed by atoms with Gasteiger partial charge < -0.3 is 14.8 Å². The maximum Gasteiger partial charge on any atom is 0.123 e. The summed E-state index contributed by atoms with van der Waals surface area (Å²) in [6, 6.07) is 5.68. The first-order valence-corrected chi connectivity index (χ1v) is 6.82. The molecule has 1 fully saturated rings. The zero-order valence-corrected chi connectivity index (χ0v) is 11.5. The van der Waals surface area contributed by atoms with Crippen LogP contribution in [0.15, 0.2) is 18.2 Å². The lowest BCUT2D eigenvalue weighted by Gasteiger charge is -2.23. The third-order valence-electron chi connectivity index (χ3n) is 3.20. The third kappa shape index (κ3) is 3.87. The van der Waals surface area contributed by atoms with Gasteiger partial charge in [0.15, 0.2) is 0 Å². The summed E-state index contributed by atoms with van der Waals surface area (Å²) in [5, 5.41) is 4.15. The molecular weight excluding hydrogens is 250 g/mol. The molecule has 18 heavy (non-hydrogen) atoms. The Morgan fingerprint density at radius 3 is 3.06 bits per heavy atom. The van der Waals surface area contributed by atoms with Crippen molar-refractivity contribution in [3.8, 4) is 5.75 Å². The maximum atomic E-state index is 5.99. The van der Waals surface area contributed by atoms with Crippen LogP contribution >= 0.6 is 11.6 Å². The van der Waals surface area contributed by atoms with Crippen LogP contribution < -0.4 is 10.1 Å². The number of halogens is 1. The Labute approximate surface area is 113 Å². The Morgan fingerprint density at radius 2 is 2.33 bits per heavy atom. The molecule has 1 saturated heterocycles. The van der Waals surface area contributed by atoms with Crippen LogP contribution in [-0.4, -0.2) is 26.4 Å². The number of hydrogen-bond acceptors (Lipinski definition) is 3. The Hall–Kier alpha value is -0.770. The van der Waals surface area contributed by atoms with Gasteiger partial charge in [0, 0.05) is 30.3 Å². The molecule has 1 aliphatic rings. The van der Waals surface area contributed by atoms with Gasteiger partial charge in [-0.25, -0.2) is 0 Å². The first kappa shape index (κ1) is 13.7. The smallest absolute Gasteiger partial charge is 0.123 e. The summed E-state index contributed by atoms with van der Waals surface area (Å²) >= 11 is 5.99. The zero-order valence-electron chi connectivity index (χ0n) is 10.7. The van der Waals surface area contributed by atoms with Gasteiger partial charge in [-0.3, -0.25) is 0 Å². The molecule has 100 valence electrons. The van der Waals surface area contributed by atoms with E-state index in [0.717, 1.165) is 42.5 Å². The highest BCUT2D eigenvalue weighted by Crippen LogP contribution is 2.22. The number of rotatable bonds is 5. The second-order valence-electron chi connectivity index (χ2n) is 4.58. The second kappa shape index (κ2) is 6.98. The van der Waals surface area contributed by atoms with E-state index in [2.05, 4.69) is 5.32 Å². The van der Waals surface area contributed by atoms with Crippen molar-refractivity contribution >= 4 is 11.6 Å². The Kier molecular flexibility index (Phi) is 5.29. The number of methoxy groups -OCH3 is 1. The number of benzene rings is 1. The molecule has 0 amide bonds. The van der Waals surface area contributed by atoms with Gasteiger partial charge in [-0.15, -0.1) is 0 Å². The molecule has 1 aliphatic heterocycles. The van der Waals surface area contributed by atoms with Crippen molar-refractivity contribution in [2.75, 3.05) is 20.3 Å². The van der Waals surface area contributed by atoms with Crippen molar-refractivity contribution < 1.29 is 9.47 Å². The van der Waals surface area contributed by atoms with E-state index in [0.29, 0.717) is 6.10 Å². The fourth-order valence-electron chi connectivity index (χ4n) is 2.22. The summed E-state index contributed by atoms with van der Waals surface area (Å²) in [7, 11) is 1.68. The van der Waals surface area contributed by atoms with E-state index in [4.69, 9.17) is 21.1 Å². The van der Waals surface area contributed by atoms with Crippen molar-refractivity contribution in [1.82, 2.24) is 5.32 Å². The lowest BCUT2D eigenvalue weighted by molar-refractivity contribution is 0.0167. The monoisotopic (exact) mass is 269 g/mol. The van der Waals surface area contributed by atoms with Crippen LogP contribution in [0, 0.1) is 0 Å². The van der Waals surface area contributed by atoms with Crippen molar-refractivity contribution in [2.24, 2.45) is 0 Å². The van der Waals surface area contributed by atoms with E-state index in [9.17, 15) is 0 Å².